The Morgan fingerprint density at radius 2 is 1.96 bits per heavy atom. The Morgan fingerprint density at radius 3 is 2.75 bits per heavy atom. The molecule has 1 aliphatic heterocycles. The fraction of sp³-hybridized carbons (Fsp3) is 0.318. The highest BCUT2D eigenvalue weighted by molar-refractivity contribution is 5.97. The van der Waals surface area contributed by atoms with Crippen molar-refractivity contribution in [2.75, 3.05) is 6.61 Å². The predicted octanol–water partition coefficient (Wildman–Crippen LogP) is 3.20. The molecule has 1 atom stereocenters. The molecule has 0 saturated heterocycles. The van der Waals surface area contributed by atoms with Crippen LogP contribution in [0.1, 0.15) is 42.9 Å². The summed E-state index contributed by atoms with van der Waals surface area (Å²) in [6, 6.07) is 11.1. The minimum absolute atomic E-state index is 0.111. The van der Waals surface area contributed by atoms with Gasteiger partial charge in [-0.1, -0.05) is 37.1 Å². The van der Waals surface area contributed by atoms with Crippen LogP contribution in [0.3, 0.4) is 0 Å². The Balaban J connectivity index is 1.53. The molecule has 6 heteroatoms. The van der Waals surface area contributed by atoms with E-state index < -0.39 is 12.1 Å². The number of ether oxygens (including phenoxy) is 2. The molecule has 144 valence electrons. The minimum atomic E-state index is -1.04. The SMILES string of the molecule is O=C(O[C@H](C(=O)NC1CCCC1)c1cccnc1)C1=Cc2ccccc2OC1. The Morgan fingerprint density at radius 1 is 1.14 bits per heavy atom. The van der Waals surface area contributed by atoms with Gasteiger partial charge in [0.25, 0.3) is 5.91 Å². The van der Waals surface area contributed by atoms with E-state index in [2.05, 4.69) is 10.3 Å². The molecule has 0 bridgehead atoms. The van der Waals surface area contributed by atoms with Gasteiger partial charge in [0.2, 0.25) is 6.10 Å². The molecular weight excluding hydrogens is 356 g/mol. The number of para-hydroxylation sites is 1. The van der Waals surface area contributed by atoms with Crippen LogP contribution >= 0.6 is 0 Å². The van der Waals surface area contributed by atoms with Gasteiger partial charge in [0, 0.05) is 29.6 Å². The number of hydrogen-bond acceptors (Lipinski definition) is 5. The van der Waals surface area contributed by atoms with Crippen molar-refractivity contribution >= 4 is 18.0 Å². The van der Waals surface area contributed by atoms with Crippen molar-refractivity contribution in [3.05, 3.63) is 65.5 Å². The van der Waals surface area contributed by atoms with Gasteiger partial charge in [-0.25, -0.2) is 4.79 Å². The maximum absolute atomic E-state index is 12.8. The Hall–Kier alpha value is -3.15. The second-order valence-electron chi connectivity index (χ2n) is 7.06. The summed E-state index contributed by atoms with van der Waals surface area (Å²) in [7, 11) is 0. The van der Waals surface area contributed by atoms with Gasteiger partial charge in [0.05, 0.1) is 5.57 Å². The van der Waals surface area contributed by atoms with E-state index in [0.29, 0.717) is 11.1 Å². The lowest BCUT2D eigenvalue weighted by Crippen LogP contribution is -2.38. The molecule has 1 fully saturated rings. The second kappa shape index (κ2) is 8.25. The lowest BCUT2D eigenvalue weighted by atomic mass is 10.1. The molecule has 6 nitrogen and oxygen atoms in total. The van der Waals surface area contributed by atoms with Crippen LogP contribution in [0.4, 0.5) is 0 Å². The summed E-state index contributed by atoms with van der Waals surface area (Å²) in [5.41, 5.74) is 1.74. The van der Waals surface area contributed by atoms with Crippen LogP contribution in [0.2, 0.25) is 0 Å². The van der Waals surface area contributed by atoms with E-state index in [1.807, 2.05) is 24.3 Å². The predicted molar refractivity (Wildman–Crippen MR) is 103 cm³/mol. The molecule has 1 aromatic heterocycles. The maximum Gasteiger partial charge on any atom is 0.338 e. The van der Waals surface area contributed by atoms with Crippen LogP contribution in [0.15, 0.2) is 54.4 Å². The van der Waals surface area contributed by atoms with E-state index >= 15 is 0 Å². The molecular formula is C22H22N2O4. The first-order valence-corrected chi connectivity index (χ1v) is 9.54. The summed E-state index contributed by atoms with van der Waals surface area (Å²) in [4.78, 5) is 29.7. The summed E-state index contributed by atoms with van der Waals surface area (Å²) in [5.74, 6) is -0.155. The average Bonchev–Trinajstić information content (AvgIpc) is 3.25. The molecule has 0 radical (unpaired) electrons. The molecule has 2 aliphatic rings. The molecule has 1 aromatic carbocycles. The van der Waals surface area contributed by atoms with Crippen LogP contribution in [0.25, 0.3) is 6.08 Å². The molecule has 1 aliphatic carbocycles. The Bertz CT molecular complexity index is 888. The van der Waals surface area contributed by atoms with E-state index in [0.717, 1.165) is 37.0 Å². The number of fused-ring (bicyclic) bond motifs is 1. The molecule has 1 N–H and O–H groups in total. The highest BCUT2D eigenvalue weighted by Gasteiger charge is 2.30. The van der Waals surface area contributed by atoms with Gasteiger partial charge in [-0.2, -0.15) is 0 Å². The quantitative estimate of drug-likeness (QED) is 0.809. The zero-order valence-electron chi connectivity index (χ0n) is 15.5. The van der Waals surface area contributed by atoms with E-state index in [1.165, 1.54) is 0 Å². The van der Waals surface area contributed by atoms with Crippen molar-refractivity contribution in [1.29, 1.82) is 0 Å². The van der Waals surface area contributed by atoms with E-state index in [1.54, 1.807) is 30.6 Å². The molecule has 2 heterocycles. The number of amides is 1. The number of pyridine rings is 1. The second-order valence-corrected chi connectivity index (χ2v) is 7.06. The third kappa shape index (κ3) is 4.06. The van der Waals surface area contributed by atoms with Crippen molar-refractivity contribution in [1.82, 2.24) is 10.3 Å². The molecule has 1 saturated carbocycles. The monoisotopic (exact) mass is 378 g/mol. The van der Waals surface area contributed by atoms with E-state index in [9.17, 15) is 9.59 Å². The van der Waals surface area contributed by atoms with E-state index in [-0.39, 0.29) is 18.6 Å². The van der Waals surface area contributed by atoms with Gasteiger partial charge in [-0.3, -0.25) is 9.78 Å². The highest BCUT2D eigenvalue weighted by Crippen LogP contribution is 2.28. The molecule has 28 heavy (non-hydrogen) atoms. The van der Waals surface area contributed by atoms with Crippen LogP contribution in [-0.2, 0) is 14.3 Å². The van der Waals surface area contributed by atoms with Crippen LogP contribution in [0.5, 0.6) is 5.75 Å². The van der Waals surface area contributed by atoms with Crippen LogP contribution in [0, 0.1) is 0 Å². The first-order valence-electron chi connectivity index (χ1n) is 9.54. The molecule has 4 rings (SSSR count). The van der Waals surface area contributed by atoms with Gasteiger partial charge in [-0.15, -0.1) is 0 Å². The first kappa shape index (κ1) is 18.2. The lowest BCUT2D eigenvalue weighted by molar-refractivity contribution is -0.153. The number of benzene rings is 1. The lowest BCUT2D eigenvalue weighted by Gasteiger charge is -2.22. The maximum atomic E-state index is 12.8. The fourth-order valence-electron chi connectivity index (χ4n) is 3.57. The first-order chi connectivity index (χ1) is 13.7. The number of carbonyl (C=O) groups excluding carboxylic acids is 2. The van der Waals surface area contributed by atoms with Crippen molar-refractivity contribution in [2.45, 2.75) is 37.8 Å². The molecule has 2 aromatic rings. The smallest absolute Gasteiger partial charge is 0.338 e. The van der Waals surface area contributed by atoms with Crippen LogP contribution < -0.4 is 10.1 Å². The van der Waals surface area contributed by atoms with Crippen LogP contribution in [-0.4, -0.2) is 29.5 Å². The standard InChI is InChI=1S/C22H22N2O4/c25-21(24-18-8-2-3-9-18)20(16-7-5-11-23-13-16)28-22(26)17-12-15-6-1-4-10-19(15)27-14-17/h1,4-7,10-13,18,20H,2-3,8-9,14H2,(H,24,25)/t20-/m0/s1. The third-order valence-corrected chi connectivity index (χ3v) is 5.05. The van der Waals surface area contributed by atoms with Crippen molar-refractivity contribution in [2.24, 2.45) is 0 Å². The van der Waals surface area contributed by atoms with Gasteiger partial charge in [0.15, 0.2) is 0 Å². The van der Waals surface area contributed by atoms with E-state index in [4.69, 9.17) is 9.47 Å². The van der Waals surface area contributed by atoms with Crippen molar-refractivity contribution < 1.29 is 19.1 Å². The van der Waals surface area contributed by atoms with Gasteiger partial charge < -0.3 is 14.8 Å². The van der Waals surface area contributed by atoms with Crippen molar-refractivity contribution in [3.63, 3.8) is 0 Å². The third-order valence-electron chi connectivity index (χ3n) is 5.05. The number of rotatable bonds is 5. The number of nitrogens with one attached hydrogen (secondary N) is 1. The Kier molecular flexibility index (Phi) is 5.37. The topological polar surface area (TPSA) is 77.5 Å². The minimum Gasteiger partial charge on any atom is -0.488 e. The van der Waals surface area contributed by atoms with Crippen molar-refractivity contribution in [3.8, 4) is 5.75 Å². The Labute approximate surface area is 163 Å². The molecule has 0 spiro atoms. The normalized spacial score (nSPS) is 17.1. The number of carbonyl (C=O) groups is 2. The summed E-state index contributed by atoms with van der Waals surface area (Å²) in [6.07, 6.45) is 7.98. The summed E-state index contributed by atoms with van der Waals surface area (Å²) in [5, 5.41) is 3.01. The fourth-order valence-corrected chi connectivity index (χ4v) is 3.57. The summed E-state index contributed by atoms with van der Waals surface area (Å²) in [6.45, 7) is 0.111. The summed E-state index contributed by atoms with van der Waals surface area (Å²) >= 11 is 0. The van der Waals surface area contributed by atoms with Gasteiger partial charge in [-0.05, 0) is 31.1 Å². The number of aromatic nitrogens is 1. The number of hydrogen-bond donors (Lipinski definition) is 1. The zero-order chi connectivity index (χ0) is 19.3. The zero-order valence-corrected chi connectivity index (χ0v) is 15.5. The summed E-state index contributed by atoms with van der Waals surface area (Å²) < 4.78 is 11.3. The molecule has 1 amide bonds. The average molecular weight is 378 g/mol. The number of nitrogens with zero attached hydrogens (tertiary/aromatic N) is 1. The molecule has 0 unspecified atom stereocenters. The van der Waals surface area contributed by atoms with Gasteiger partial charge in [0.1, 0.15) is 12.4 Å². The largest absolute Gasteiger partial charge is 0.488 e. The van der Waals surface area contributed by atoms with Gasteiger partial charge >= 0.3 is 5.97 Å². The number of esters is 1. The highest BCUT2D eigenvalue weighted by atomic mass is 16.6.